The van der Waals surface area contributed by atoms with Crippen LogP contribution in [0.2, 0.25) is 5.02 Å². The summed E-state index contributed by atoms with van der Waals surface area (Å²) in [5.41, 5.74) is 0.262. The molecule has 0 aliphatic rings. The molecule has 1 amide bonds. The molecule has 0 radical (unpaired) electrons. The number of methoxy groups -OCH3 is 1. The van der Waals surface area contributed by atoms with Crippen molar-refractivity contribution in [3.63, 3.8) is 0 Å². The summed E-state index contributed by atoms with van der Waals surface area (Å²) in [6.07, 6.45) is 2.24. The first-order chi connectivity index (χ1) is 19.7. The molecule has 2 N–H and O–H groups in total. The van der Waals surface area contributed by atoms with E-state index in [1.807, 2.05) is 0 Å². The minimum atomic E-state index is -0.877. The number of nitrogens with one attached hydrogen (secondary N) is 2. The average Bonchev–Trinajstić information content (AvgIpc) is 3.32. The van der Waals surface area contributed by atoms with Gasteiger partial charge in [0.2, 0.25) is 5.95 Å². The monoisotopic (exact) mass is 592 g/mol. The Balaban J connectivity index is 1.63. The second-order valence-electron chi connectivity index (χ2n) is 8.63. The second-order valence-corrected chi connectivity index (χ2v) is 10.1. The third-order valence-corrected chi connectivity index (χ3v) is 7.05. The van der Waals surface area contributed by atoms with Gasteiger partial charge in [-0.25, -0.2) is 28.3 Å². The maximum absolute atomic E-state index is 14.0. The fourth-order valence-corrected chi connectivity index (χ4v) is 4.99. The van der Waals surface area contributed by atoms with Crippen LogP contribution in [-0.2, 0) is 11.3 Å². The lowest BCUT2D eigenvalue weighted by atomic mass is 10.1. The number of pyridine rings is 1. The zero-order valence-electron chi connectivity index (χ0n) is 21.3. The molecule has 0 unspecified atom stereocenters. The summed E-state index contributed by atoms with van der Waals surface area (Å²) >= 11 is 7.64. The highest BCUT2D eigenvalue weighted by Gasteiger charge is 2.18. The maximum atomic E-state index is 14.0. The predicted octanol–water partition coefficient (Wildman–Crippen LogP) is 4.34. The first-order valence-electron chi connectivity index (χ1n) is 11.7. The first-order valence-corrected chi connectivity index (χ1v) is 12.9. The van der Waals surface area contributed by atoms with Crippen molar-refractivity contribution < 1.29 is 13.9 Å². The van der Waals surface area contributed by atoms with Gasteiger partial charge in [-0.2, -0.15) is 10.2 Å². The number of amides is 1. The fraction of sp³-hybridized carbons (Fsp3) is 0.115. The molecular weight excluding hydrogens is 575 g/mol. The Kier molecular flexibility index (Phi) is 7.47. The number of nitrogens with zero attached hydrogens (tertiary/aromatic N) is 6. The number of anilines is 3. The Labute approximate surface area is 239 Å². The Morgan fingerprint density at radius 2 is 2.00 bits per heavy atom. The van der Waals surface area contributed by atoms with E-state index in [2.05, 4.69) is 30.3 Å². The highest BCUT2D eigenvalue weighted by atomic mass is 35.5. The van der Waals surface area contributed by atoms with Gasteiger partial charge < -0.3 is 10.1 Å². The van der Waals surface area contributed by atoms with Crippen molar-refractivity contribution in [2.24, 2.45) is 0 Å². The molecule has 0 fully saturated rings. The molecule has 0 bridgehead atoms. The summed E-state index contributed by atoms with van der Waals surface area (Å²) in [6, 6.07) is 10.4. The lowest BCUT2D eigenvalue weighted by Gasteiger charge is -2.16. The van der Waals surface area contributed by atoms with E-state index in [1.165, 1.54) is 25.4 Å². The van der Waals surface area contributed by atoms with Crippen LogP contribution in [0.5, 0.6) is 0 Å². The number of carbonyl (C=O) groups is 1. The highest BCUT2D eigenvalue weighted by molar-refractivity contribution is 7.22. The number of benzene rings is 2. The van der Waals surface area contributed by atoms with E-state index in [0.717, 1.165) is 26.5 Å². The van der Waals surface area contributed by atoms with Gasteiger partial charge in [-0.05, 0) is 48.4 Å². The van der Waals surface area contributed by atoms with Gasteiger partial charge in [-0.3, -0.25) is 14.9 Å². The molecule has 0 saturated carbocycles. The van der Waals surface area contributed by atoms with Gasteiger partial charge >= 0.3 is 17.5 Å². The van der Waals surface area contributed by atoms with Crippen molar-refractivity contribution >= 4 is 56.0 Å². The Bertz CT molecular complexity index is 2000. The number of ether oxygens (including phenoxy) is 1. The van der Waals surface area contributed by atoms with Gasteiger partial charge in [0.25, 0.3) is 0 Å². The number of aryl methyl sites for hydroxylation is 1. The minimum absolute atomic E-state index is 0.154. The van der Waals surface area contributed by atoms with Crippen molar-refractivity contribution in [3.05, 3.63) is 97.3 Å². The minimum Gasteiger partial charge on any atom is -0.453 e. The molecule has 206 valence electrons. The number of thiazole rings is 1. The predicted molar refractivity (Wildman–Crippen MR) is 151 cm³/mol. The molecule has 0 spiro atoms. The quantitative estimate of drug-likeness (QED) is 0.292. The average molecular weight is 593 g/mol. The lowest BCUT2D eigenvalue weighted by Crippen LogP contribution is -2.41. The van der Waals surface area contributed by atoms with Crippen LogP contribution in [0.15, 0.2) is 58.4 Å². The van der Waals surface area contributed by atoms with E-state index in [1.54, 1.807) is 37.4 Å². The van der Waals surface area contributed by atoms with Gasteiger partial charge in [0.05, 0.1) is 52.0 Å². The maximum Gasteiger partial charge on any atom is 0.413 e. The Hall–Kier alpha value is -5.13. The third kappa shape index (κ3) is 5.62. The normalized spacial score (nSPS) is 10.8. The van der Waals surface area contributed by atoms with Crippen molar-refractivity contribution in [2.45, 2.75) is 13.5 Å². The Morgan fingerprint density at radius 1 is 1.20 bits per heavy atom. The first kappa shape index (κ1) is 27.4. The van der Waals surface area contributed by atoms with Gasteiger partial charge in [-0.1, -0.05) is 29.0 Å². The number of halogens is 2. The molecule has 0 saturated heterocycles. The van der Waals surface area contributed by atoms with E-state index in [0.29, 0.717) is 27.0 Å². The van der Waals surface area contributed by atoms with E-state index >= 15 is 0 Å². The zero-order valence-corrected chi connectivity index (χ0v) is 22.9. The van der Waals surface area contributed by atoms with Crippen molar-refractivity contribution in [1.29, 1.82) is 5.26 Å². The van der Waals surface area contributed by atoms with E-state index in [9.17, 15) is 24.0 Å². The summed E-state index contributed by atoms with van der Waals surface area (Å²) in [5, 5.41) is 15.2. The Morgan fingerprint density at radius 3 is 2.73 bits per heavy atom. The topological polar surface area (TPSA) is 157 Å². The van der Waals surface area contributed by atoms with Crippen LogP contribution < -0.4 is 22.0 Å². The number of nitriles is 1. The van der Waals surface area contributed by atoms with Crippen LogP contribution in [0.4, 0.5) is 26.0 Å². The molecule has 0 aliphatic carbocycles. The molecule has 12 nitrogen and oxygen atoms in total. The summed E-state index contributed by atoms with van der Waals surface area (Å²) in [6.45, 7) is 1.59. The molecule has 0 aliphatic heterocycles. The molecule has 0 atom stereocenters. The lowest BCUT2D eigenvalue weighted by molar-refractivity contribution is 0.187. The van der Waals surface area contributed by atoms with Crippen LogP contribution in [0, 0.1) is 24.1 Å². The molecule has 2 aromatic carbocycles. The standard InChI is InChI=1S/C26H18ClFN8O4S/c1-13-5-16(11-30-10-13)36-24(37)33-22(35(26(36)39)12-14-3-4-18(28)15(6-14)9-29)31-19-8-21-20(7-17(19)27)32-23(41-21)34-25(38)40-2/h3-8,10-11H,12H2,1-2H3,(H,31,33,37)(H,32,34,38). The third-order valence-electron chi connectivity index (χ3n) is 5.80. The number of fused-ring (bicyclic) bond motifs is 1. The van der Waals surface area contributed by atoms with Gasteiger partial charge in [0.1, 0.15) is 11.9 Å². The second kappa shape index (κ2) is 11.2. The van der Waals surface area contributed by atoms with E-state index < -0.39 is 23.3 Å². The number of carbonyl (C=O) groups excluding carboxylic acids is 1. The van der Waals surface area contributed by atoms with Crippen molar-refractivity contribution in [3.8, 4) is 11.8 Å². The molecule has 41 heavy (non-hydrogen) atoms. The summed E-state index contributed by atoms with van der Waals surface area (Å²) in [7, 11) is 1.23. The van der Waals surface area contributed by atoms with Gasteiger partial charge in [0, 0.05) is 6.20 Å². The number of hydrogen-bond acceptors (Lipinski definition) is 10. The van der Waals surface area contributed by atoms with Crippen molar-refractivity contribution in [1.82, 2.24) is 24.1 Å². The SMILES string of the molecule is COC(=O)Nc1nc2cc(Cl)c(Nc3nc(=O)n(-c4cncc(C)c4)c(=O)n3Cc3ccc(F)c(C#N)c3)cc2s1. The molecule has 3 heterocycles. The van der Waals surface area contributed by atoms with Crippen LogP contribution in [-0.4, -0.2) is 37.3 Å². The molecule has 5 rings (SSSR count). The number of aromatic nitrogens is 5. The van der Waals surface area contributed by atoms with Crippen LogP contribution in [0.1, 0.15) is 16.7 Å². The van der Waals surface area contributed by atoms with E-state index in [-0.39, 0.29) is 33.9 Å². The van der Waals surface area contributed by atoms with Crippen LogP contribution in [0.25, 0.3) is 15.9 Å². The molecule has 15 heteroatoms. The molecule has 5 aromatic rings. The highest BCUT2D eigenvalue weighted by Crippen LogP contribution is 2.34. The van der Waals surface area contributed by atoms with Crippen molar-refractivity contribution in [2.75, 3.05) is 17.7 Å². The van der Waals surface area contributed by atoms with Gasteiger partial charge in [-0.15, -0.1) is 0 Å². The van der Waals surface area contributed by atoms with E-state index in [4.69, 9.17) is 11.6 Å². The number of hydrogen-bond donors (Lipinski definition) is 2. The zero-order chi connectivity index (χ0) is 29.3. The van der Waals surface area contributed by atoms with Gasteiger partial charge in [0.15, 0.2) is 5.13 Å². The fourth-order valence-electron chi connectivity index (χ4n) is 3.91. The molecule has 3 aromatic heterocycles. The smallest absolute Gasteiger partial charge is 0.413 e. The van der Waals surface area contributed by atoms with Crippen LogP contribution in [0.3, 0.4) is 0 Å². The molecular formula is C26H18ClFN8O4S. The largest absolute Gasteiger partial charge is 0.453 e. The summed E-state index contributed by atoms with van der Waals surface area (Å²) in [4.78, 5) is 50.9. The summed E-state index contributed by atoms with van der Waals surface area (Å²) < 4.78 is 21.2. The number of rotatable bonds is 6. The summed E-state index contributed by atoms with van der Waals surface area (Å²) in [5.74, 6) is -0.861. The van der Waals surface area contributed by atoms with Crippen LogP contribution >= 0.6 is 22.9 Å².